The summed E-state index contributed by atoms with van der Waals surface area (Å²) >= 11 is 5.87. The average Bonchev–Trinajstić information content (AvgIpc) is 2.61. The van der Waals surface area contributed by atoms with Crippen molar-refractivity contribution in [3.63, 3.8) is 0 Å². The first-order valence-corrected chi connectivity index (χ1v) is 7.77. The number of carbonyl (C=O) groups excluding carboxylic acids is 2. The zero-order chi connectivity index (χ0) is 18.4. The van der Waals surface area contributed by atoms with Gasteiger partial charge in [0.25, 0.3) is 5.91 Å². The van der Waals surface area contributed by atoms with Crippen molar-refractivity contribution in [2.24, 2.45) is 0 Å². The van der Waals surface area contributed by atoms with Crippen LogP contribution < -0.4 is 14.8 Å². The third-order valence-corrected chi connectivity index (χ3v) is 3.65. The quantitative estimate of drug-likeness (QED) is 0.795. The molecule has 0 aromatic heterocycles. The van der Waals surface area contributed by atoms with E-state index in [1.807, 2.05) is 6.92 Å². The van der Waals surface area contributed by atoms with Crippen LogP contribution in [-0.2, 0) is 9.53 Å². The second-order valence-corrected chi connectivity index (χ2v) is 5.59. The van der Waals surface area contributed by atoms with Crippen LogP contribution in [0.1, 0.15) is 15.9 Å². The molecule has 0 bridgehead atoms. The van der Waals surface area contributed by atoms with E-state index >= 15 is 0 Å². The Morgan fingerprint density at radius 3 is 2.40 bits per heavy atom. The predicted molar refractivity (Wildman–Crippen MR) is 94.6 cm³/mol. The lowest BCUT2D eigenvalue weighted by Crippen LogP contribution is -2.21. The maximum Gasteiger partial charge on any atom is 0.338 e. The number of anilines is 1. The summed E-state index contributed by atoms with van der Waals surface area (Å²) in [5.74, 6) is -0.184. The van der Waals surface area contributed by atoms with Crippen LogP contribution in [0.25, 0.3) is 0 Å². The van der Waals surface area contributed by atoms with Crippen LogP contribution in [0.2, 0.25) is 5.02 Å². The first-order chi connectivity index (χ1) is 11.9. The SMILES string of the molecule is COc1ccc(C(=O)OCC(=O)Nc2ccc(Cl)cc2C)cc1OC. The molecule has 0 atom stereocenters. The van der Waals surface area contributed by atoms with Crippen LogP contribution in [0.15, 0.2) is 36.4 Å². The van der Waals surface area contributed by atoms with Gasteiger partial charge in [-0.05, 0) is 48.9 Å². The van der Waals surface area contributed by atoms with Gasteiger partial charge >= 0.3 is 5.97 Å². The normalized spacial score (nSPS) is 10.1. The molecule has 6 nitrogen and oxygen atoms in total. The molecule has 0 radical (unpaired) electrons. The van der Waals surface area contributed by atoms with Crippen molar-refractivity contribution in [2.75, 3.05) is 26.1 Å². The molecule has 0 aliphatic heterocycles. The summed E-state index contributed by atoms with van der Waals surface area (Å²) in [6.07, 6.45) is 0. The molecule has 2 aromatic rings. The van der Waals surface area contributed by atoms with Gasteiger partial charge in [0.2, 0.25) is 0 Å². The monoisotopic (exact) mass is 363 g/mol. The number of rotatable bonds is 6. The Morgan fingerprint density at radius 1 is 1.04 bits per heavy atom. The van der Waals surface area contributed by atoms with Gasteiger partial charge in [-0.15, -0.1) is 0 Å². The number of hydrogen-bond acceptors (Lipinski definition) is 5. The summed E-state index contributed by atoms with van der Waals surface area (Å²) in [5, 5.41) is 3.24. The highest BCUT2D eigenvalue weighted by molar-refractivity contribution is 6.30. The number of ether oxygens (including phenoxy) is 3. The van der Waals surface area contributed by atoms with Crippen molar-refractivity contribution in [1.82, 2.24) is 0 Å². The largest absolute Gasteiger partial charge is 0.493 e. The molecule has 0 saturated carbocycles. The van der Waals surface area contributed by atoms with Gasteiger partial charge < -0.3 is 19.5 Å². The van der Waals surface area contributed by atoms with Gasteiger partial charge in [-0.2, -0.15) is 0 Å². The molecule has 132 valence electrons. The molecule has 0 saturated heterocycles. The second-order valence-electron chi connectivity index (χ2n) is 5.15. The Morgan fingerprint density at radius 2 is 1.76 bits per heavy atom. The highest BCUT2D eigenvalue weighted by atomic mass is 35.5. The van der Waals surface area contributed by atoms with Gasteiger partial charge in [0, 0.05) is 10.7 Å². The average molecular weight is 364 g/mol. The lowest BCUT2D eigenvalue weighted by atomic mass is 10.2. The van der Waals surface area contributed by atoms with Crippen LogP contribution in [0, 0.1) is 6.92 Å². The lowest BCUT2D eigenvalue weighted by Gasteiger charge is -2.11. The van der Waals surface area contributed by atoms with E-state index in [9.17, 15) is 9.59 Å². The molecule has 0 aliphatic rings. The molecule has 0 aliphatic carbocycles. The first-order valence-electron chi connectivity index (χ1n) is 7.39. The fourth-order valence-electron chi connectivity index (χ4n) is 2.13. The summed E-state index contributed by atoms with van der Waals surface area (Å²) in [6.45, 7) is 1.41. The van der Waals surface area contributed by atoms with E-state index in [4.69, 9.17) is 25.8 Å². The summed E-state index contributed by atoms with van der Waals surface area (Å²) in [7, 11) is 2.97. The fourth-order valence-corrected chi connectivity index (χ4v) is 2.36. The minimum absolute atomic E-state index is 0.258. The van der Waals surface area contributed by atoms with Crippen molar-refractivity contribution < 1.29 is 23.8 Å². The summed E-state index contributed by atoms with van der Waals surface area (Å²) < 4.78 is 15.3. The maximum atomic E-state index is 12.1. The van der Waals surface area contributed by atoms with Gasteiger partial charge in [0.1, 0.15) is 0 Å². The molecule has 0 unspecified atom stereocenters. The number of hydrogen-bond donors (Lipinski definition) is 1. The van der Waals surface area contributed by atoms with Crippen LogP contribution in [0.4, 0.5) is 5.69 Å². The van der Waals surface area contributed by atoms with Gasteiger partial charge in [-0.25, -0.2) is 4.79 Å². The number of carbonyl (C=O) groups is 2. The molecule has 2 aromatic carbocycles. The van der Waals surface area contributed by atoms with E-state index in [0.717, 1.165) is 5.56 Å². The number of benzene rings is 2. The zero-order valence-electron chi connectivity index (χ0n) is 14.1. The Kier molecular flexibility index (Phi) is 6.25. The summed E-state index contributed by atoms with van der Waals surface area (Å²) in [6, 6.07) is 9.69. The molecule has 25 heavy (non-hydrogen) atoms. The van der Waals surface area contributed by atoms with E-state index in [2.05, 4.69) is 5.32 Å². The van der Waals surface area contributed by atoms with Crippen molar-refractivity contribution in [2.45, 2.75) is 6.92 Å². The molecular weight excluding hydrogens is 346 g/mol. The molecule has 2 rings (SSSR count). The number of amides is 1. The molecule has 7 heteroatoms. The van der Waals surface area contributed by atoms with Gasteiger partial charge in [-0.3, -0.25) is 4.79 Å². The smallest absolute Gasteiger partial charge is 0.338 e. The minimum Gasteiger partial charge on any atom is -0.493 e. The van der Waals surface area contributed by atoms with E-state index < -0.39 is 18.5 Å². The molecule has 1 amide bonds. The van der Waals surface area contributed by atoms with Crippen LogP contribution in [-0.4, -0.2) is 32.7 Å². The van der Waals surface area contributed by atoms with Gasteiger partial charge in [-0.1, -0.05) is 11.6 Å². The Labute approximate surface area is 150 Å². The van der Waals surface area contributed by atoms with Gasteiger partial charge in [0.05, 0.1) is 19.8 Å². The van der Waals surface area contributed by atoms with E-state index in [-0.39, 0.29) is 5.56 Å². The topological polar surface area (TPSA) is 73.9 Å². The molecule has 0 heterocycles. The summed E-state index contributed by atoms with van der Waals surface area (Å²) in [4.78, 5) is 24.0. The minimum atomic E-state index is -0.635. The van der Waals surface area contributed by atoms with Crippen LogP contribution in [0.5, 0.6) is 11.5 Å². The van der Waals surface area contributed by atoms with Crippen LogP contribution >= 0.6 is 11.6 Å². The maximum absolute atomic E-state index is 12.1. The van der Waals surface area contributed by atoms with E-state index in [1.165, 1.54) is 26.4 Å². The standard InChI is InChI=1S/C18H18ClNO5/c1-11-8-13(19)5-6-14(11)20-17(21)10-25-18(22)12-4-7-15(23-2)16(9-12)24-3/h4-9H,10H2,1-3H3,(H,20,21). The van der Waals surface area contributed by atoms with Crippen molar-refractivity contribution >= 4 is 29.2 Å². The number of aryl methyl sites for hydroxylation is 1. The molecule has 0 spiro atoms. The Hall–Kier alpha value is -2.73. The zero-order valence-corrected chi connectivity index (χ0v) is 14.8. The van der Waals surface area contributed by atoms with Crippen molar-refractivity contribution in [1.29, 1.82) is 0 Å². The molecular formula is C18H18ClNO5. The summed E-state index contributed by atoms with van der Waals surface area (Å²) in [5.41, 5.74) is 1.68. The van der Waals surface area contributed by atoms with Crippen molar-refractivity contribution in [3.05, 3.63) is 52.5 Å². The Balaban J connectivity index is 1.96. The number of nitrogens with one attached hydrogen (secondary N) is 1. The van der Waals surface area contributed by atoms with Crippen LogP contribution in [0.3, 0.4) is 0 Å². The van der Waals surface area contributed by atoms with Crippen molar-refractivity contribution in [3.8, 4) is 11.5 Å². The highest BCUT2D eigenvalue weighted by Crippen LogP contribution is 2.27. The second kappa shape index (κ2) is 8.39. The first kappa shape index (κ1) is 18.6. The van der Waals surface area contributed by atoms with E-state index in [0.29, 0.717) is 22.2 Å². The molecule has 0 fully saturated rings. The number of halogens is 1. The fraction of sp³-hybridized carbons (Fsp3) is 0.222. The third-order valence-electron chi connectivity index (χ3n) is 3.42. The Bertz CT molecular complexity index is 791. The molecule has 1 N–H and O–H groups in total. The highest BCUT2D eigenvalue weighted by Gasteiger charge is 2.14. The lowest BCUT2D eigenvalue weighted by molar-refractivity contribution is -0.119. The number of esters is 1. The van der Waals surface area contributed by atoms with E-state index in [1.54, 1.807) is 24.3 Å². The number of methoxy groups -OCH3 is 2. The predicted octanol–water partition coefficient (Wildman–Crippen LogP) is 3.46. The third kappa shape index (κ3) is 4.87. The van der Waals surface area contributed by atoms with Gasteiger partial charge in [0.15, 0.2) is 18.1 Å².